The second kappa shape index (κ2) is 5.12. The Balaban J connectivity index is 2.14. The molecule has 0 bridgehead atoms. The van der Waals surface area contributed by atoms with E-state index >= 15 is 0 Å². The monoisotopic (exact) mass is 222 g/mol. The Kier molecular flexibility index (Phi) is 3.56. The van der Waals surface area contributed by atoms with Gasteiger partial charge in [0.05, 0.1) is 6.61 Å². The van der Waals surface area contributed by atoms with Gasteiger partial charge in [0, 0.05) is 25.1 Å². The highest BCUT2D eigenvalue weighted by molar-refractivity contribution is 5.48. The molecule has 0 amide bonds. The van der Waals surface area contributed by atoms with E-state index in [2.05, 4.69) is 20.6 Å². The molecule has 0 aliphatic heterocycles. The molecule has 5 heteroatoms. The van der Waals surface area contributed by atoms with E-state index < -0.39 is 0 Å². The molecular weight excluding hydrogens is 204 g/mol. The van der Waals surface area contributed by atoms with Crippen molar-refractivity contribution >= 4 is 11.6 Å². The zero-order chi connectivity index (χ0) is 11.4. The standard InChI is InChI=1S/C11H18N4O/c1-2-12-9-7-10(13-5-6-16)15-11(14-9)8-3-4-8/h7-8,16H,2-6H2,1H3,(H2,12,13,14,15). The van der Waals surface area contributed by atoms with Crippen LogP contribution in [0, 0.1) is 0 Å². The molecule has 0 spiro atoms. The smallest absolute Gasteiger partial charge is 0.136 e. The molecule has 3 N–H and O–H groups in total. The molecule has 1 fully saturated rings. The molecule has 1 aliphatic rings. The number of hydrogen-bond donors (Lipinski definition) is 3. The molecule has 2 rings (SSSR count). The Labute approximate surface area is 95.3 Å². The van der Waals surface area contributed by atoms with Crippen LogP contribution in [0.2, 0.25) is 0 Å². The molecule has 1 saturated carbocycles. The topological polar surface area (TPSA) is 70.1 Å². The average Bonchev–Trinajstić information content (AvgIpc) is 3.10. The van der Waals surface area contributed by atoms with E-state index in [9.17, 15) is 0 Å². The van der Waals surface area contributed by atoms with Crippen LogP contribution in [-0.4, -0.2) is 34.8 Å². The zero-order valence-electron chi connectivity index (χ0n) is 9.53. The average molecular weight is 222 g/mol. The van der Waals surface area contributed by atoms with Crippen molar-refractivity contribution < 1.29 is 5.11 Å². The van der Waals surface area contributed by atoms with Gasteiger partial charge in [0.2, 0.25) is 0 Å². The van der Waals surface area contributed by atoms with Crippen molar-refractivity contribution in [1.82, 2.24) is 9.97 Å². The zero-order valence-corrected chi connectivity index (χ0v) is 9.53. The van der Waals surface area contributed by atoms with E-state index in [1.165, 1.54) is 12.8 Å². The summed E-state index contributed by atoms with van der Waals surface area (Å²) in [6.45, 7) is 3.52. The van der Waals surface area contributed by atoms with E-state index in [1.54, 1.807) is 0 Å². The first-order valence-corrected chi connectivity index (χ1v) is 5.81. The molecule has 0 saturated heterocycles. The van der Waals surface area contributed by atoms with Gasteiger partial charge in [-0.2, -0.15) is 0 Å². The summed E-state index contributed by atoms with van der Waals surface area (Å²) in [5, 5.41) is 15.0. The maximum Gasteiger partial charge on any atom is 0.136 e. The summed E-state index contributed by atoms with van der Waals surface area (Å²) in [6.07, 6.45) is 2.38. The first-order chi connectivity index (χ1) is 7.83. The summed E-state index contributed by atoms with van der Waals surface area (Å²) in [5.74, 6) is 3.11. The van der Waals surface area contributed by atoms with Gasteiger partial charge in [-0.3, -0.25) is 0 Å². The fourth-order valence-electron chi connectivity index (χ4n) is 1.54. The number of aromatic nitrogens is 2. The molecule has 0 radical (unpaired) electrons. The SMILES string of the molecule is CCNc1cc(NCCO)nc(C2CC2)n1. The van der Waals surface area contributed by atoms with Crippen LogP contribution in [0.15, 0.2) is 6.07 Å². The molecule has 0 unspecified atom stereocenters. The van der Waals surface area contributed by atoms with Crippen LogP contribution >= 0.6 is 0 Å². The van der Waals surface area contributed by atoms with E-state index in [0.717, 1.165) is 24.0 Å². The number of anilines is 2. The molecular formula is C11H18N4O. The fraction of sp³-hybridized carbons (Fsp3) is 0.636. The molecule has 1 aromatic heterocycles. The van der Waals surface area contributed by atoms with Crippen LogP contribution in [0.4, 0.5) is 11.6 Å². The lowest BCUT2D eigenvalue weighted by Gasteiger charge is -2.09. The van der Waals surface area contributed by atoms with Crippen LogP contribution < -0.4 is 10.6 Å². The molecule has 5 nitrogen and oxygen atoms in total. The third-order valence-corrected chi connectivity index (χ3v) is 2.46. The predicted octanol–water partition coefficient (Wildman–Crippen LogP) is 1.19. The van der Waals surface area contributed by atoms with Gasteiger partial charge in [-0.1, -0.05) is 0 Å². The van der Waals surface area contributed by atoms with Crippen LogP contribution in [0.25, 0.3) is 0 Å². The summed E-state index contributed by atoms with van der Waals surface area (Å²) in [7, 11) is 0. The molecule has 1 aliphatic carbocycles. The largest absolute Gasteiger partial charge is 0.395 e. The minimum atomic E-state index is 0.110. The van der Waals surface area contributed by atoms with Gasteiger partial charge < -0.3 is 15.7 Å². The second-order valence-electron chi connectivity index (χ2n) is 3.95. The third-order valence-electron chi connectivity index (χ3n) is 2.46. The number of hydrogen-bond acceptors (Lipinski definition) is 5. The lowest BCUT2D eigenvalue weighted by molar-refractivity contribution is 0.311. The highest BCUT2D eigenvalue weighted by atomic mass is 16.3. The third kappa shape index (κ3) is 2.82. The maximum absolute atomic E-state index is 8.77. The summed E-state index contributed by atoms with van der Waals surface area (Å²) < 4.78 is 0. The van der Waals surface area contributed by atoms with Crippen LogP contribution in [-0.2, 0) is 0 Å². The molecule has 0 aromatic carbocycles. The summed E-state index contributed by atoms with van der Waals surface area (Å²) in [5.41, 5.74) is 0. The summed E-state index contributed by atoms with van der Waals surface area (Å²) >= 11 is 0. The Morgan fingerprint density at radius 3 is 2.56 bits per heavy atom. The van der Waals surface area contributed by atoms with Gasteiger partial charge in [0.1, 0.15) is 17.5 Å². The molecule has 16 heavy (non-hydrogen) atoms. The molecule has 0 atom stereocenters. The van der Waals surface area contributed by atoms with Crippen molar-refractivity contribution in [3.63, 3.8) is 0 Å². The van der Waals surface area contributed by atoms with E-state index in [4.69, 9.17) is 5.11 Å². The number of aliphatic hydroxyl groups excluding tert-OH is 1. The van der Waals surface area contributed by atoms with Crippen molar-refractivity contribution in [1.29, 1.82) is 0 Å². The highest BCUT2D eigenvalue weighted by Crippen LogP contribution is 2.38. The number of aliphatic hydroxyl groups is 1. The van der Waals surface area contributed by atoms with Crippen LogP contribution in [0.3, 0.4) is 0 Å². The Morgan fingerprint density at radius 1 is 1.31 bits per heavy atom. The summed E-state index contributed by atoms with van der Waals surface area (Å²) in [4.78, 5) is 8.91. The van der Waals surface area contributed by atoms with Gasteiger partial charge in [0.25, 0.3) is 0 Å². The van der Waals surface area contributed by atoms with E-state index in [-0.39, 0.29) is 6.61 Å². The molecule has 88 valence electrons. The fourth-order valence-corrected chi connectivity index (χ4v) is 1.54. The number of nitrogens with one attached hydrogen (secondary N) is 2. The van der Waals surface area contributed by atoms with Gasteiger partial charge in [-0.25, -0.2) is 9.97 Å². The van der Waals surface area contributed by atoms with Crippen molar-refractivity contribution in [2.75, 3.05) is 30.3 Å². The van der Waals surface area contributed by atoms with E-state index in [0.29, 0.717) is 12.5 Å². The maximum atomic E-state index is 8.77. The van der Waals surface area contributed by atoms with E-state index in [1.807, 2.05) is 13.0 Å². The Bertz CT molecular complexity index is 352. The van der Waals surface area contributed by atoms with Crippen LogP contribution in [0.5, 0.6) is 0 Å². The Morgan fingerprint density at radius 2 is 2.00 bits per heavy atom. The van der Waals surface area contributed by atoms with Crippen molar-refractivity contribution in [3.05, 3.63) is 11.9 Å². The highest BCUT2D eigenvalue weighted by Gasteiger charge is 2.27. The van der Waals surface area contributed by atoms with Crippen molar-refractivity contribution in [2.45, 2.75) is 25.7 Å². The molecule has 1 heterocycles. The van der Waals surface area contributed by atoms with Gasteiger partial charge in [0.15, 0.2) is 0 Å². The van der Waals surface area contributed by atoms with Gasteiger partial charge in [-0.05, 0) is 19.8 Å². The normalized spacial score (nSPS) is 14.9. The first-order valence-electron chi connectivity index (χ1n) is 5.81. The minimum absolute atomic E-state index is 0.110. The van der Waals surface area contributed by atoms with Gasteiger partial charge in [-0.15, -0.1) is 0 Å². The number of nitrogens with zero attached hydrogens (tertiary/aromatic N) is 2. The van der Waals surface area contributed by atoms with Gasteiger partial charge >= 0.3 is 0 Å². The lowest BCUT2D eigenvalue weighted by atomic mass is 10.3. The lowest BCUT2D eigenvalue weighted by Crippen LogP contribution is -2.10. The van der Waals surface area contributed by atoms with Crippen LogP contribution in [0.1, 0.15) is 31.5 Å². The quantitative estimate of drug-likeness (QED) is 0.674. The van der Waals surface area contributed by atoms with Crippen molar-refractivity contribution in [3.8, 4) is 0 Å². The summed E-state index contributed by atoms with van der Waals surface area (Å²) in [6, 6.07) is 1.88. The van der Waals surface area contributed by atoms with Crippen molar-refractivity contribution in [2.24, 2.45) is 0 Å². The Hall–Kier alpha value is -1.36. The number of rotatable bonds is 6. The predicted molar refractivity (Wildman–Crippen MR) is 63.7 cm³/mol. The minimum Gasteiger partial charge on any atom is -0.395 e. The molecule has 1 aromatic rings. The first kappa shape index (κ1) is 11.1. The second-order valence-corrected chi connectivity index (χ2v) is 3.95.